The maximum Gasteiger partial charge on any atom is 0.0719 e. The molecule has 76 valence electrons. The molecule has 0 unspecified atom stereocenters. The van der Waals surface area contributed by atoms with Crippen LogP contribution in [-0.4, -0.2) is 18.1 Å². The molecule has 0 bridgehead atoms. The Balaban J connectivity index is 2.11. The van der Waals surface area contributed by atoms with Crippen LogP contribution in [0.2, 0.25) is 0 Å². The van der Waals surface area contributed by atoms with Crippen molar-refractivity contribution >= 4 is 11.8 Å². The SMILES string of the molecule is NOCCc1ccccc1C1CSC1. The summed E-state index contributed by atoms with van der Waals surface area (Å²) in [6.07, 6.45) is 0.924. The minimum atomic E-state index is 0.608. The van der Waals surface area contributed by atoms with Gasteiger partial charge in [-0.2, -0.15) is 11.8 Å². The van der Waals surface area contributed by atoms with Gasteiger partial charge in [0.1, 0.15) is 0 Å². The van der Waals surface area contributed by atoms with Crippen molar-refractivity contribution < 1.29 is 4.84 Å². The lowest BCUT2D eigenvalue weighted by molar-refractivity contribution is 0.141. The number of thioether (sulfide) groups is 1. The maximum absolute atomic E-state index is 5.04. The van der Waals surface area contributed by atoms with Gasteiger partial charge in [-0.05, 0) is 17.5 Å². The van der Waals surface area contributed by atoms with Crippen molar-refractivity contribution in [2.24, 2.45) is 5.90 Å². The Morgan fingerprint density at radius 1 is 1.36 bits per heavy atom. The first kappa shape index (κ1) is 10.0. The van der Waals surface area contributed by atoms with Crippen LogP contribution < -0.4 is 5.90 Å². The maximum atomic E-state index is 5.04. The van der Waals surface area contributed by atoms with Gasteiger partial charge in [-0.25, -0.2) is 5.90 Å². The van der Waals surface area contributed by atoms with Crippen molar-refractivity contribution in [1.29, 1.82) is 0 Å². The van der Waals surface area contributed by atoms with E-state index in [4.69, 9.17) is 5.90 Å². The highest BCUT2D eigenvalue weighted by molar-refractivity contribution is 8.00. The Hall–Kier alpha value is -0.510. The fourth-order valence-electron chi connectivity index (χ4n) is 1.74. The van der Waals surface area contributed by atoms with Crippen LogP contribution in [0.3, 0.4) is 0 Å². The van der Waals surface area contributed by atoms with E-state index >= 15 is 0 Å². The van der Waals surface area contributed by atoms with Gasteiger partial charge in [0.05, 0.1) is 6.61 Å². The summed E-state index contributed by atoms with van der Waals surface area (Å²) in [7, 11) is 0. The zero-order chi connectivity index (χ0) is 9.80. The molecule has 14 heavy (non-hydrogen) atoms. The first-order valence-corrected chi connectivity index (χ1v) is 6.04. The van der Waals surface area contributed by atoms with Crippen molar-refractivity contribution in [2.75, 3.05) is 18.1 Å². The average Bonchev–Trinajstić information content (AvgIpc) is 2.14. The molecule has 1 aliphatic rings. The largest absolute Gasteiger partial charge is 0.304 e. The van der Waals surface area contributed by atoms with Gasteiger partial charge in [0.15, 0.2) is 0 Å². The standard InChI is InChI=1S/C11H15NOS/c12-13-6-5-9-3-1-2-4-11(9)10-7-14-8-10/h1-4,10H,5-8,12H2. The summed E-state index contributed by atoms with van der Waals surface area (Å²) in [6, 6.07) is 8.61. The first-order chi connectivity index (χ1) is 6.92. The van der Waals surface area contributed by atoms with Gasteiger partial charge in [0.2, 0.25) is 0 Å². The quantitative estimate of drug-likeness (QED) is 0.770. The monoisotopic (exact) mass is 209 g/mol. The lowest BCUT2D eigenvalue weighted by Gasteiger charge is -2.27. The van der Waals surface area contributed by atoms with Gasteiger partial charge in [-0.1, -0.05) is 24.3 Å². The topological polar surface area (TPSA) is 35.2 Å². The van der Waals surface area contributed by atoms with Crippen LogP contribution in [0.25, 0.3) is 0 Å². The summed E-state index contributed by atoms with van der Waals surface area (Å²) >= 11 is 2.02. The second kappa shape index (κ2) is 4.82. The van der Waals surface area contributed by atoms with Crippen LogP contribution in [0, 0.1) is 0 Å². The van der Waals surface area contributed by atoms with E-state index in [2.05, 4.69) is 29.1 Å². The van der Waals surface area contributed by atoms with Crippen LogP contribution in [0.5, 0.6) is 0 Å². The zero-order valence-electron chi connectivity index (χ0n) is 8.11. The summed E-state index contributed by atoms with van der Waals surface area (Å²) in [5.41, 5.74) is 2.88. The fraction of sp³-hybridized carbons (Fsp3) is 0.455. The Morgan fingerprint density at radius 2 is 2.14 bits per heavy atom. The van der Waals surface area contributed by atoms with Crippen LogP contribution >= 0.6 is 11.8 Å². The number of nitrogens with two attached hydrogens (primary N) is 1. The molecular formula is C11H15NOS. The Labute approximate surface area is 88.8 Å². The second-order valence-electron chi connectivity index (χ2n) is 3.55. The van der Waals surface area contributed by atoms with E-state index in [1.54, 1.807) is 0 Å². The van der Waals surface area contributed by atoms with Crippen LogP contribution in [0.1, 0.15) is 17.0 Å². The minimum absolute atomic E-state index is 0.608. The summed E-state index contributed by atoms with van der Waals surface area (Å²) in [5.74, 6) is 8.33. The summed E-state index contributed by atoms with van der Waals surface area (Å²) < 4.78 is 0. The highest BCUT2D eigenvalue weighted by Gasteiger charge is 2.21. The van der Waals surface area contributed by atoms with Gasteiger partial charge in [-0.3, -0.25) is 0 Å². The molecule has 2 rings (SSSR count). The molecular weight excluding hydrogens is 194 g/mol. The molecule has 0 saturated carbocycles. The molecule has 2 nitrogen and oxygen atoms in total. The third-order valence-electron chi connectivity index (χ3n) is 2.62. The van der Waals surface area contributed by atoms with Crippen LogP contribution in [0.4, 0.5) is 0 Å². The average molecular weight is 209 g/mol. The van der Waals surface area contributed by atoms with Gasteiger partial charge in [0, 0.05) is 17.4 Å². The van der Waals surface area contributed by atoms with Crippen LogP contribution in [-0.2, 0) is 11.3 Å². The lowest BCUT2D eigenvalue weighted by Crippen LogP contribution is -2.18. The van der Waals surface area contributed by atoms with Crippen molar-refractivity contribution in [2.45, 2.75) is 12.3 Å². The Kier molecular flexibility index (Phi) is 3.45. The van der Waals surface area contributed by atoms with Crippen molar-refractivity contribution in [3.8, 4) is 0 Å². The normalized spacial score (nSPS) is 16.6. The first-order valence-electron chi connectivity index (χ1n) is 4.89. The smallest absolute Gasteiger partial charge is 0.0719 e. The van der Waals surface area contributed by atoms with Gasteiger partial charge in [0.25, 0.3) is 0 Å². The highest BCUT2D eigenvalue weighted by Crippen LogP contribution is 2.35. The molecule has 0 radical (unpaired) electrons. The number of hydrogen-bond acceptors (Lipinski definition) is 3. The molecule has 0 spiro atoms. The third kappa shape index (κ3) is 2.11. The number of benzene rings is 1. The van der Waals surface area contributed by atoms with E-state index in [9.17, 15) is 0 Å². The summed E-state index contributed by atoms with van der Waals surface area (Å²) in [5, 5.41) is 0. The van der Waals surface area contributed by atoms with E-state index < -0.39 is 0 Å². The highest BCUT2D eigenvalue weighted by atomic mass is 32.2. The van der Waals surface area contributed by atoms with E-state index in [1.807, 2.05) is 11.8 Å². The van der Waals surface area contributed by atoms with E-state index in [0.717, 1.165) is 12.3 Å². The molecule has 2 N–H and O–H groups in total. The minimum Gasteiger partial charge on any atom is -0.304 e. The summed E-state index contributed by atoms with van der Waals surface area (Å²) in [4.78, 5) is 4.63. The molecule has 1 aliphatic heterocycles. The van der Waals surface area contributed by atoms with Crippen molar-refractivity contribution in [3.63, 3.8) is 0 Å². The lowest BCUT2D eigenvalue weighted by atomic mass is 9.95. The molecule has 0 amide bonds. The molecule has 1 heterocycles. The van der Waals surface area contributed by atoms with Gasteiger partial charge >= 0.3 is 0 Å². The van der Waals surface area contributed by atoms with Gasteiger partial charge in [-0.15, -0.1) is 0 Å². The Morgan fingerprint density at radius 3 is 2.79 bits per heavy atom. The fourth-order valence-corrected chi connectivity index (χ4v) is 2.57. The molecule has 1 aromatic carbocycles. The Bertz CT molecular complexity index is 299. The number of rotatable bonds is 4. The third-order valence-corrected chi connectivity index (χ3v) is 3.90. The molecule has 0 aromatic heterocycles. The molecule has 1 fully saturated rings. The van der Waals surface area contributed by atoms with Crippen molar-refractivity contribution in [3.05, 3.63) is 35.4 Å². The molecule has 1 aromatic rings. The molecule has 0 aliphatic carbocycles. The predicted molar refractivity (Wildman–Crippen MR) is 60.4 cm³/mol. The van der Waals surface area contributed by atoms with Gasteiger partial charge < -0.3 is 4.84 Å². The molecule has 1 saturated heterocycles. The second-order valence-corrected chi connectivity index (χ2v) is 4.63. The van der Waals surface area contributed by atoms with Crippen molar-refractivity contribution in [1.82, 2.24) is 0 Å². The molecule has 0 atom stereocenters. The van der Waals surface area contributed by atoms with Crippen LogP contribution in [0.15, 0.2) is 24.3 Å². The van der Waals surface area contributed by atoms with E-state index in [0.29, 0.717) is 6.61 Å². The summed E-state index contributed by atoms with van der Waals surface area (Å²) in [6.45, 7) is 0.608. The van der Waals surface area contributed by atoms with E-state index in [-0.39, 0.29) is 0 Å². The van der Waals surface area contributed by atoms with E-state index in [1.165, 1.54) is 22.6 Å². The number of hydrogen-bond donors (Lipinski definition) is 1. The predicted octanol–water partition coefficient (Wildman–Crippen LogP) is 1.95. The zero-order valence-corrected chi connectivity index (χ0v) is 8.93. The molecule has 3 heteroatoms.